The third-order valence-electron chi connectivity index (χ3n) is 4.35. The molecule has 0 aliphatic heterocycles. The fourth-order valence-corrected chi connectivity index (χ4v) is 3.30. The van der Waals surface area contributed by atoms with Gasteiger partial charge in [-0.1, -0.05) is 42.5 Å². The van der Waals surface area contributed by atoms with E-state index < -0.39 is 0 Å². The van der Waals surface area contributed by atoms with Gasteiger partial charge in [0.05, 0.1) is 0 Å². The molecule has 4 rings (SSSR count). The Bertz CT molecular complexity index is 823. The average Bonchev–Trinajstić information content (AvgIpc) is 2.92. The van der Waals surface area contributed by atoms with Crippen molar-refractivity contribution < 1.29 is 4.79 Å². The second-order valence-corrected chi connectivity index (χ2v) is 5.78. The minimum atomic E-state index is 0.299. The number of nitrogens with zero attached hydrogens (tertiary/aromatic N) is 1. The van der Waals surface area contributed by atoms with Crippen molar-refractivity contribution in [3.05, 3.63) is 71.5 Å². The standard InChI is InChI=1S/C19H17NO/c21-19-10-4-8-16-12-20(13-18(16)19)11-15-7-3-6-14-5-1-2-9-17(14)15/h1-3,5-7,9,12-13H,4,8,10-11H2. The van der Waals surface area contributed by atoms with E-state index in [0.29, 0.717) is 12.2 Å². The van der Waals surface area contributed by atoms with Gasteiger partial charge in [-0.25, -0.2) is 0 Å². The molecule has 2 nitrogen and oxygen atoms in total. The minimum Gasteiger partial charge on any atom is -0.349 e. The first kappa shape index (κ1) is 12.4. The summed E-state index contributed by atoms with van der Waals surface area (Å²) in [6.07, 6.45) is 6.89. The van der Waals surface area contributed by atoms with Crippen LogP contribution in [0.5, 0.6) is 0 Å². The number of ketones is 1. The fraction of sp³-hybridized carbons (Fsp3) is 0.211. The Morgan fingerprint density at radius 3 is 2.71 bits per heavy atom. The molecule has 0 radical (unpaired) electrons. The normalized spacial score (nSPS) is 14.4. The van der Waals surface area contributed by atoms with Gasteiger partial charge in [-0.2, -0.15) is 0 Å². The summed E-state index contributed by atoms with van der Waals surface area (Å²) in [5.41, 5.74) is 3.45. The van der Waals surface area contributed by atoms with Gasteiger partial charge in [-0.05, 0) is 34.7 Å². The largest absolute Gasteiger partial charge is 0.349 e. The van der Waals surface area contributed by atoms with E-state index in [1.807, 2.05) is 6.20 Å². The van der Waals surface area contributed by atoms with Crippen molar-refractivity contribution >= 4 is 16.6 Å². The Balaban J connectivity index is 1.74. The van der Waals surface area contributed by atoms with E-state index in [4.69, 9.17) is 0 Å². The lowest BCUT2D eigenvalue weighted by molar-refractivity contribution is 0.0973. The smallest absolute Gasteiger partial charge is 0.164 e. The van der Waals surface area contributed by atoms with Crippen molar-refractivity contribution in [3.8, 4) is 0 Å². The van der Waals surface area contributed by atoms with E-state index >= 15 is 0 Å². The van der Waals surface area contributed by atoms with Crippen molar-refractivity contribution in [1.29, 1.82) is 0 Å². The van der Waals surface area contributed by atoms with Gasteiger partial charge in [0.1, 0.15) is 0 Å². The number of aryl methyl sites for hydroxylation is 1. The maximum atomic E-state index is 12.0. The third kappa shape index (κ3) is 2.17. The summed E-state index contributed by atoms with van der Waals surface area (Å²) in [5, 5.41) is 2.56. The molecule has 21 heavy (non-hydrogen) atoms. The highest BCUT2D eigenvalue weighted by Crippen LogP contribution is 2.24. The lowest BCUT2D eigenvalue weighted by Gasteiger charge is -2.07. The van der Waals surface area contributed by atoms with E-state index in [1.54, 1.807) is 0 Å². The van der Waals surface area contributed by atoms with Gasteiger partial charge >= 0.3 is 0 Å². The van der Waals surface area contributed by atoms with Crippen molar-refractivity contribution in [3.63, 3.8) is 0 Å². The Morgan fingerprint density at radius 2 is 1.81 bits per heavy atom. The van der Waals surface area contributed by atoms with Gasteiger partial charge in [-0.3, -0.25) is 4.79 Å². The highest BCUT2D eigenvalue weighted by molar-refractivity contribution is 5.98. The number of hydrogen-bond acceptors (Lipinski definition) is 1. The second kappa shape index (κ2) is 4.88. The van der Waals surface area contributed by atoms with Crippen LogP contribution in [0.3, 0.4) is 0 Å². The lowest BCUT2D eigenvalue weighted by Crippen LogP contribution is -2.07. The molecule has 0 atom stereocenters. The number of hydrogen-bond donors (Lipinski definition) is 0. The number of benzene rings is 2. The molecule has 3 aromatic rings. The predicted molar refractivity (Wildman–Crippen MR) is 84.8 cm³/mol. The fourth-order valence-electron chi connectivity index (χ4n) is 3.30. The molecule has 2 aromatic carbocycles. The zero-order valence-electron chi connectivity index (χ0n) is 11.9. The number of Topliss-reactive ketones (excluding diaryl/α,β-unsaturated/α-hetero) is 1. The van der Waals surface area contributed by atoms with Crippen molar-refractivity contribution in [2.45, 2.75) is 25.8 Å². The molecule has 0 bridgehead atoms. The van der Waals surface area contributed by atoms with Gasteiger partial charge in [0, 0.05) is 30.9 Å². The molecule has 1 aliphatic carbocycles. The molecule has 0 amide bonds. The quantitative estimate of drug-likeness (QED) is 0.686. The van der Waals surface area contributed by atoms with Gasteiger partial charge in [0.15, 0.2) is 5.78 Å². The predicted octanol–water partition coefficient (Wildman–Crippen LogP) is 4.21. The number of rotatable bonds is 2. The molecule has 1 heterocycles. The zero-order chi connectivity index (χ0) is 14.2. The van der Waals surface area contributed by atoms with Crippen molar-refractivity contribution in [2.24, 2.45) is 0 Å². The van der Waals surface area contributed by atoms with Crippen LogP contribution in [-0.2, 0) is 13.0 Å². The maximum absolute atomic E-state index is 12.0. The highest BCUT2D eigenvalue weighted by atomic mass is 16.1. The molecule has 0 fully saturated rings. The second-order valence-electron chi connectivity index (χ2n) is 5.78. The Labute approximate surface area is 124 Å². The SMILES string of the molecule is O=C1CCCc2cn(Cc3cccc4ccccc34)cc21. The molecular formula is C19H17NO. The Morgan fingerprint density at radius 1 is 0.952 bits per heavy atom. The number of aromatic nitrogens is 1. The average molecular weight is 275 g/mol. The summed E-state index contributed by atoms with van der Waals surface area (Å²) in [5.74, 6) is 0.299. The molecular weight excluding hydrogens is 258 g/mol. The Kier molecular flexibility index (Phi) is 2.88. The van der Waals surface area contributed by atoms with E-state index in [-0.39, 0.29) is 0 Å². The number of carbonyl (C=O) groups excluding carboxylic acids is 1. The van der Waals surface area contributed by atoms with Gasteiger partial charge < -0.3 is 4.57 Å². The molecule has 1 aliphatic rings. The molecule has 1 aromatic heterocycles. The van der Waals surface area contributed by atoms with E-state index in [2.05, 4.69) is 53.2 Å². The first-order chi connectivity index (χ1) is 10.3. The summed E-state index contributed by atoms with van der Waals surface area (Å²) in [7, 11) is 0. The van der Waals surface area contributed by atoms with E-state index in [1.165, 1.54) is 21.9 Å². The van der Waals surface area contributed by atoms with Crippen molar-refractivity contribution in [1.82, 2.24) is 4.57 Å². The van der Waals surface area contributed by atoms with Crippen LogP contribution in [0.1, 0.15) is 34.3 Å². The third-order valence-corrected chi connectivity index (χ3v) is 4.35. The summed E-state index contributed by atoms with van der Waals surface area (Å²) in [6, 6.07) is 14.9. The van der Waals surface area contributed by atoms with Crippen LogP contribution in [0, 0.1) is 0 Å². The van der Waals surface area contributed by atoms with Crippen LogP contribution in [-0.4, -0.2) is 10.4 Å². The summed E-state index contributed by atoms with van der Waals surface area (Å²) < 4.78 is 2.16. The molecule has 0 spiro atoms. The highest BCUT2D eigenvalue weighted by Gasteiger charge is 2.19. The van der Waals surface area contributed by atoms with E-state index in [0.717, 1.165) is 24.9 Å². The van der Waals surface area contributed by atoms with Crippen LogP contribution in [0.2, 0.25) is 0 Å². The first-order valence-electron chi connectivity index (χ1n) is 7.50. The minimum absolute atomic E-state index is 0.299. The summed E-state index contributed by atoms with van der Waals surface area (Å²) >= 11 is 0. The summed E-state index contributed by atoms with van der Waals surface area (Å²) in [4.78, 5) is 12.0. The molecule has 0 unspecified atom stereocenters. The Hall–Kier alpha value is -2.35. The molecule has 2 heteroatoms. The molecule has 104 valence electrons. The van der Waals surface area contributed by atoms with Gasteiger partial charge in [0.2, 0.25) is 0 Å². The number of fused-ring (bicyclic) bond motifs is 2. The maximum Gasteiger partial charge on any atom is 0.164 e. The number of carbonyl (C=O) groups is 1. The van der Waals surface area contributed by atoms with Crippen LogP contribution in [0.4, 0.5) is 0 Å². The lowest BCUT2D eigenvalue weighted by atomic mass is 9.95. The van der Waals surface area contributed by atoms with Gasteiger partial charge in [-0.15, -0.1) is 0 Å². The van der Waals surface area contributed by atoms with Crippen LogP contribution >= 0.6 is 0 Å². The first-order valence-corrected chi connectivity index (χ1v) is 7.50. The monoisotopic (exact) mass is 275 g/mol. The topological polar surface area (TPSA) is 22.0 Å². The zero-order valence-corrected chi connectivity index (χ0v) is 11.9. The molecule has 0 saturated heterocycles. The van der Waals surface area contributed by atoms with Crippen LogP contribution in [0.25, 0.3) is 10.8 Å². The van der Waals surface area contributed by atoms with Crippen molar-refractivity contribution in [2.75, 3.05) is 0 Å². The van der Waals surface area contributed by atoms with Gasteiger partial charge in [0.25, 0.3) is 0 Å². The molecule has 0 saturated carbocycles. The van der Waals surface area contributed by atoms with E-state index in [9.17, 15) is 4.79 Å². The summed E-state index contributed by atoms with van der Waals surface area (Å²) in [6.45, 7) is 0.821. The van der Waals surface area contributed by atoms with Crippen LogP contribution < -0.4 is 0 Å². The molecule has 0 N–H and O–H groups in total. The van der Waals surface area contributed by atoms with Crippen LogP contribution in [0.15, 0.2) is 54.9 Å².